The molecule has 0 spiro atoms. The molecule has 0 bridgehead atoms. The molecule has 1 aromatic heterocycles. The Morgan fingerprint density at radius 3 is 2.70 bits per heavy atom. The second-order valence-electron chi connectivity index (χ2n) is 6.15. The van der Waals surface area contributed by atoms with Gasteiger partial charge in [-0.15, -0.1) is 0 Å². The minimum absolute atomic E-state index is 0.227. The van der Waals surface area contributed by atoms with Crippen molar-refractivity contribution < 1.29 is 9.90 Å². The molecular weight excluding hydrogens is 252 g/mol. The van der Waals surface area contributed by atoms with Gasteiger partial charge in [0.15, 0.2) is 0 Å². The summed E-state index contributed by atoms with van der Waals surface area (Å²) in [6, 6.07) is 3.80. The van der Waals surface area contributed by atoms with E-state index in [2.05, 4.69) is 23.7 Å². The van der Waals surface area contributed by atoms with E-state index in [0.717, 1.165) is 24.5 Å². The Morgan fingerprint density at radius 2 is 2.10 bits per heavy atom. The third kappa shape index (κ3) is 2.94. The summed E-state index contributed by atoms with van der Waals surface area (Å²) >= 11 is 0. The molecular formula is C16H24N2O2. The van der Waals surface area contributed by atoms with Gasteiger partial charge in [0.2, 0.25) is 0 Å². The molecule has 2 atom stereocenters. The molecule has 1 fully saturated rings. The minimum Gasteiger partial charge on any atom is -0.478 e. The molecule has 0 radical (unpaired) electrons. The molecule has 0 amide bonds. The molecule has 1 aliphatic heterocycles. The molecule has 20 heavy (non-hydrogen) atoms. The maximum atomic E-state index is 11.3. The number of carboxylic acid groups (broad SMARTS) is 1. The van der Waals surface area contributed by atoms with Gasteiger partial charge >= 0.3 is 5.97 Å². The van der Waals surface area contributed by atoms with Crippen molar-refractivity contribution in [1.82, 2.24) is 4.98 Å². The van der Waals surface area contributed by atoms with E-state index in [9.17, 15) is 9.90 Å². The molecule has 1 N–H and O–H groups in total. The zero-order valence-corrected chi connectivity index (χ0v) is 12.8. The first-order valence-corrected chi connectivity index (χ1v) is 7.42. The van der Waals surface area contributed by atoms with Gasteiger partial charge in [-0.3, -0.25) is 0 Å². The highest BCUT2D eigenvalue weighted by molar-refractivity contribution is 5.88. The van der Waals surface area contributed by atoms with Crippen LogP contribution in [0.15, 0.2) is 12.1 Å². The van der Waals surface area contributed by atoms with E-state index in [1.165, 1.54) is 6.42 Å². The number of carboxylic acids is 1. The number of aromatic nitrogens is 1. The van der Waals surface area contributed by atoms with Crippen LogP contribution in [0.1, 0.15) is 62.5 Å². The molecule has 4 heteroatoms. The number of aromatic carboxylic acids is 1. The van der Waals surface area contributed by atoms with Crippen LogP contribution in [-0.4, -0.2) is 28.6 Å². The first-order valence-electron chi connectivity index (χ1n) is 7.42. The average molecular weight is 276 g/mol. The van der Waals surface area contributed by atoms with Gasteiger partial charge in [-0.25, -0.2) is 9.78 Å². The van der Waals surface area contributed by atoms with Crippen molar-refractivity contribution >= 4 is 11.8 Å². The van der Waals surface area contributed by atoms with Crippen LogP contribution in [0.3, 0.4) is 0 Å². The smallest absolute Gasteiger partial charge is 0.335 e. The second-order valence-corrected chi connectivity index (χ2v) is 6.15. The molecule has 0 saturated carbocycles. The SMILES string of the molecule is CC(C)c1cc(C(=O)O)cc(N2CCCC(C)C2C)n1. The number of anilines is 1. The molecule has 2 unspecified atom stereocenters. The van der Waals surface area contributed by atoms with E-state index < -0.39 is 5.97 Å². The largest absolute Gasteiger partial charge is 0.478 e. The molecule has 4 nitrogen and oxygen atoms in total. The zero-order chi connectivity index (χ0) is 14.9. The fourth-order valence-electron chi connectivity index (χ4n) is 2.76. The zero-order valence-electron chi connectivity index (χ0n) is 12.8. The van der Waals surface area contributed by atoms with Crippen LogP contribution in [0.4, 0.5) is 5.82 Å². The standard InChI is InChI=1S/C16H24N2O2/c1-10(2)14-8-13(16(19)20)9-15(17-14)18-7-5-6-11(3)12(18)4/h8-12H,5-7H2,1-4H3,(H,19,20). The molecule has 2 rings (SSSR count). The van der Waals surface area contributed by atoms with Crippen LogP contribution < -0.4 is 4.90 Å². The Kier molecular flexibility index (Phi) is 4.31. The summed E-state index contributed by atoms with van der Waals surface area (Å²) in [6.45, 7) is 9.49. The van der Waals surface area contributed by atoms with Gasteiger partial charge in [0.25, 0.3) is 0 Å². The van der Waals surface area contributed by atoms with Gasteiger partial charge in [-0.05, 0) is 43.7 Å². The van der Waals surface area contributed by atoms with Crippen LogP contribution in [0, 0.1) is 5.92 Å². The normalized spacial score (nSPS) is 23.1. The lowest BCUT2D eigenvalue weighted by Crippen LogP contribution is -2.43. The van der Waals surface area contributed by atoms with E-state index >= 15 is 0 Å². The van der Waals surface area contributed by atoms with Gasteiger partial charge in [0.1, 0.15) is 5.82 Å². The summed E-state index contributed by atoms with van der Waals surface area (Å²) in [6.07, 6.45) is 2.37. The van der Waals surface area contributed by atoms with E-state index in [4.69, 9.17) is 0 Å². The Hall–Kier alpha value is -1.58. The molecule has 0 aromatic carbocycles. The Bertz CT molecular complexity index is 499. The number of hydrogen-bond donors (Lipinski definition) is 1. The third-order valence-electron chi connectivity index (χ3n) is 4.34. The van der Waals surface area contributed by atoms with Crippen molar-refractivity contribution in [3.8, 4) is 0 Å². The maximum absolute atomic E-state index is 11.3. The van der Waals surface area contributed by atoms with E-state index in [-0.39, 0.29) is 5.92 Å². The van der Waals surface area contributed by atoms with E-state index in [0.29, 0.717) is 17.5 Å². The minimum atomic E-state index is -0.881. The van der Waals surface area contributed by atoms with E-state index in [1.807, 2.05) is 13.8 Å². The number of carbonyl (C=O) groups is 1. The predicted octanol–water partition coefficient (Wildman–Crippen LogP) is 3.53. The molecule has 2 heterocycles. The number of nitrogens with zero attached hydrogens (tertiary/aromatic N) is 2. The first kappa shape index (κ1) is 14.8. The quantitative estimate of drug-likeness (QED) is 0.917. The van der Waals surface area contributed by atoms with Crippen molar-refractivity contribution in [1.29, 1.82) is 0 Å². The molecule has 110 valence electrons. The van der Waals surface area contributed by atoms with Crippen molar-refractivity contribution in [3.05, 3.63) is 23.4 Å². The lowest BCUT2D eigenvalue weighted by molar-refractivity contribution is 0.0696. The van der Waals surface area contributed by atoms with Gasteiger partial charge < -0.3 is 10.0 Å². The molecule has 1 aromatic rings. The summed E-state index contributed by atoms with van der Waals surface area (Å²) in [5.41, 5.74) is 1.19. The van der Waals surface area contributed by atoms with Crippen LogP contribution in [0.25, 0.3) is 0 Å². The Labute approximate surface area is 120 Å². The number of rotatable bonds is 3. The predicted molar refractivity (Wildman–Crippen MR) is 80.5 cm³/mol. The number of piperidine rings is 1. The topological polar surface area (TPSA) is 53.4 Å². The summed E-state index contributed by atoms with van der Waals surface area (Å²) in [7, 11) is 0. The third-order valence-corrected chi connectivity index (χ3v) is 4.34. The highest BCUT2D eigenvalue weighted by atomic mass is 16.4. The fourth-order valence-corrected chi connectivity index (χ4v) is 2.76. The molecule has 1 aliphatic rings. The van der Waals surface area contributed by atoms with Crippen LogP contribution in [-0.2, 0) is 0 Å². The molecule has 0 aliphatic carbocycles. The monoisotopic (exact) mass is 276 g/mol. The second kappa shape index (κ2) is 5.81. The van der Waals surface area contributed by atoms with Crippen molar-refractivity contribution in [2.45, 2.75) is 52.5 Å². The maximum Gasteiger partial charge on any atom is 0.335 e. The van der Waals surface area contributed by atoms with Crippen molar-refractivity contribution in [3.63, 3.8) is 0 Å². The van der Waals surface area contributed by atoms with Gasteiger partial charge in [0, 0.05) is 18.3 Å². The lowest BCUT2D eigenvalue weighted by Gasteiger charge is -2.39. The fraction of sp³-hybridized carbons (Fsp3) is 0.625. The van der Waals surface area contributed by atoms with E-state index in [1.54, 1.807) is 12.1 Å². The van der Waals surface area contributed by atoms with Crippen LogP contribution in [0.2, 0.25) is 0 Å². The van der Waals surface area contributed by atoms with Crippen molar-refractivity contribution in [2.75, 3.05) is 11.4 Å². The summed E-state index contributed by atoms with van der Waals surface area (Å²) in [4.78, 5) is 18.3. The summed E-state index contributed by atoms with van der Waals surface area (Å²) in [5.74, 6) is 0.771. The summed E-state index contributed by atoms with van der Waals surface area (Å²) < 4.78 is 0. The highest BCUT2D eigenvalue weighted by Crippen LogP contribution is 2.29. The summed E-state index contributed by atoms with van der Waals surface area (Å²) in [5, 5.41) is 9.29. The van der Waals surface area contributed by atoms with Gasteiger partial charge in [0.05, 0.1) is 5.56 Å². The van der Waals surface area contributed by atoms with Gasteiger partial charge in [-0.1, -0.05) is 20.8 Å². The Balaban J connectivity index is 2.41. The highest BCUT2D eigenvalue weighted by Gasteiger charge is 2.26. The number of pyridine rings is 1. The first-order chi connectivity index (χ1) is 9.40. The lowest BCUT2D eigenvalue weighted by atomic mass is 9.92. The Morgan fingerprint density at radius 1 is 1.40 bits per heavy atom. The van der Waals surface area contributed by atoms with Crippen LogP contribution in [0.5, 0.6) is 0 Å². The van der Waals surface area contributed by atoms with Gasteiger partial charge in [-0.2, -0.15) is 0 Å². The average Bonchev–Trinajstić information content (AvgIpc) is 2.41. The van der Waals surface area contributed by atoms with Crippen LogP contribution >= 0.6 is 0 Å². The van der Waals surface area contributed by atoms with Crippen molar-refractivity contribution in [2.24, 2.45) is 5.92 Å². The number of hydrogen-bond acceptors (Lipinski definition) is 3. The molecule has 1 saturated heterocycles.